The van der Waals surface area contributed by atoms with E-state index in [1.54, 1.807) is 30.1 Å². The molecule has 1 atom stereocenters. The van der Waals surface area contributed by atoms with Crippen LogP contribution in [-0.2, 0) is 0 Å². The summed E-state index contributed by atoms with van der Waals surface area (Å²) in [4.78, 5) is 14.2. The van der Waals surface area contributed by atoms with E-state index in [0.29, 0.717) is 29.9 Å². The number of benzene rings is 1. The van der Waals surface area contributed by atoms with Crippen molar-refractivity contribution in [1.82, 2.24) is 20.0 Å². The van der Waals surface area contributed by atoms with Crippen LogP contribution in [0.25, 0.3) is 0 Å². The van der Waals surface area contributed by atoms with E-state index < -0.39 is 0 Å². The van der Waals surface area contributed by atoms with Gasteiger partial charge in [0.15, 0.2) is 0 Å². The summed E-state index contributed by atoms with van der Waals surface area (Å²) in [5.41, 5.74) is 0.497. The Labute approximate surface area is 159 Å². The Kier molecular flexibility index (Phi) is 6.52. The van der Waals surface area contributed by atoms with Gasteiger partial charge in [-0.2, -0.15) is 5.10 Å². The van der Waals surface area contributed by atoms with Gasteiger partial charge in [0.25, 0.3) is 5.91 Å². The van der Waals surface area contributed by atoms with Crippen LogP contribution in [0.4, 0.5) is 0 Å². The molecule has 0 bridgehead atoms. The lowest BCUT2D eigenvalue weighted by Crippen LogP contribution is -2.32. The lowest BCUT2D eigenvalue weighted by atomic mass is 10.1. The van der Waals surface area contributed by atoms with Crippen LogP contribution in [-0.4, -0.2) is 53.9 Å². The summed E-state index contributed by atoms with van der Waals surface area (Å²) in [5.74, 6) is 0.724. The van der Waals surface area contributed by atoms with Gasteiger partial charge < -0.3 is 15.0 Å². The van der Waals surface area contributed by atoms with Crippen molar-refractivity contribution in [2.75, 3.05) is 33.3 Å². The van der Waals surface area contributed by atoms with Crippen molar-refractivity contribution in [2.45, 2.75) is 25.3 Å². The zero-order chi connectivity index (χ0) is 18.4. The number of carbonyl (C=O) groups excluding carboxylic acids is 1. The first-order chi connectivity index (χ1) is 12.6. The molecule has 0 radical (unpaired) electrons. The molecule has 26 heavy (non-hydrogen) atoms. The summed E-state index contributed by atoms with van der Waals surface area (Å²) in [6, 6.07) is 9.41. The number of hydrogen-bond acceptors (Lipinski definition) is 4. The molecule has 1 aromatic heterocycles. The Bertz CT molecular complexity index is 711. The number of hydrogen-bond donors (Lipinski definition) is 1. The maximum absolute atomic E-state index is 12.5. The van der Waals surface area contributed by atoms with Crippen LogP contribution in [0.15, 0.2) is 36.5 Å². The molecule has 6 nitrogen and oxygen atoms in total. The van der Waals surface area contributed by atoms with Gasteiger partial charge in [0, 0.05) is 31.4 Å². The molecule has 1 N–H and O–H groups in total. The predicted octanol–water partition coefficient (Wildman–Crippen LogP) is 3.00. The summed E-state index contributed by atoms with van der Waals surface area (Å²) in [6.07, 6.45) is 4.89. The second kappa shape index (κ2) is 9.05. The van der Waals surface area contributed by atoms with Crippen LogP contribution < -0.4 is 10.1 Å². The van der Waals surface area contributed by atoms with E-state index in [4.69, 9.17) is 16.3 Å². The minimum absolute atomic E-state index is 0.0565. The maximum Gasteiger partial charge on any atom is 0.274 e. The molecule has 7 heteroatoms. The van der Waals surface area contributed by atoms with Gasteiger partial charge in [0.2, 0.25) is 0 Å². The smallest absolute Gasteiger partial charge is 0.274 e. The highest BCUT2D eigenvalue weighted by Gasteiger charge is 2.19. The number of amides is 1. The van der Waals surface area contributed by atoms with Crippen molar-refractivity contribution in [1.29, 1.82) is 0 Å². The van der Waals surface area contributed by atoms with Crippen LogP contribution in [0, 0.1) is 0 Å². The minimum atomic E-state index is -0.0565. The van der Waals surface area contributed by atoms with Gasteiger partial charge in [-0.25, -0.2) is 0 Å². The fourth-order valence-electron chi connectivity index (χ4n) is 3.03. The molecule has 1 aromatic carbocycles. The third kappa shape index (κ3) is 4.99. The fraction of sp³-hybridized carbons (Fsp3) is 0.474. The SMILES string of the molecule is CN(CCCOc1ccc(Cl)cc1)C(=O)c1ccn(C2CCCNC2)n1. The van der Waals surface area contributed by atoms with Gasteiger partial charge in [-0.1, -0.05) is 11.6 Å². The summed E-state index contributed by atoms with van der Waals surface area (Å²) in [7, 11) is 1.80. The number of rotatable bonds is 7. The standard InChI is InChI=1S/C19H25ClN4O2/c1-23(11-3-13-26-17-7-5-15(20)6-8-17)19(25)18-9-12-24(22-18)16-4-2-10-21-14-16/h5-9,12,16,21H,2-4,10-11,13-14H2,1H3. The monoisotopic (exact) mass is 376 g/mol. The van der Waals surface area contributed by atoms with Crippen LogP contribution in [0.3, 0.4) is 0 Å². The molecule has 2 aromatic rings. The van der Waals surface area contributed by atoms with Gasteiger partial charge in [-0.15, -0.1) is 0 Å². The Morgan fingerprint density at radius 2 is 2.19 bits per heavy atom. The van der Waals surface area contributed by atoms with E-state index in [2.05, 4.69) is 10.4 Å². The van der Waals surface area contributed by atoms with Gasteiger partial charge in [0.05, 0.1) is 12.6 Å². The molecule has 1 aliphatic heterocycles. The van der Waals surface area contributed by atoms with Gasteiger partial charge in [0.1, 0.15) is 11.4 Å². The third-order valence-corrected chi connectivity index (χ3v) is 4.79. The summed E-state index contributed by atoms with van der Waals surface area (Å²) >= 11 is 5.85. The molecule has 2 heterocycles. The number of ether oxygens (including phenoxy) is 1. The highest BCUT2D eigenvalue weighted by atomic mass is 35.5. The van der Waals surface area contributed by atoms with Crippen molar-refractivity contribution in [3.05, 3.63) is 47.2 Å². The van der Waals surface area contributed by atoms with E-state index in [0.717, 1.165) is 38.1 Å². The molecule has 1 amide bonds. The van der Waals surface area contributed by atoms with Gasteiger partial charge in [-0.3, -0.25) is 9.48 Å². The van der Waals surface area contributed by atoms with Gasteiger partial charge in [-0.05, 0) is 56.1 Å². The predicted molar refractivity (Wildman–Crippen MR) is 102 cm³/mol. The number of nitrogens with zero attached hydrogens (tertiary/aromatic N) is 3. The van der Waals surface area contributed by atoms with Crippen molar-refractivity contribution < 1.29 is 9.53 Å². The third-order valence-electron chi connectivity index (χ3n) is 4.54. The molecule has 0 spiro atoms. The molecule has 1 unspecified atom stereocenters. The molecule has 1 fully saturated rings. The van der Waals surface area contributed by atoms with Crippen molar-refractivity contribution in [3.8, 4) is 5.75 Å². The first-order valence-electron chi connectivity index (χ1n) is 9.03. The molecule has 1 saturated heterocycles. The van der Waals surface area contributed by atoms with Crippen LogP contribution in [0.5, 0.6) is 5.75 Å². The summed E-state index contributed by atoms with van der Waals surface area (Å²) in [6.45, 7) is 3.13. The highest BCUT2D eigenvalue weighted by molar-refractivity contribution is 6.30. The lowest BCUT2D eigenvalue weighted by molar-refractivity contribution is 0.0780. The zero-order valence-electron chi connectivity index (χ0n) is 15.0. The molecular weight excluding hydrogens is 352 g/mol. The highest BCUT2D eigenvalue weighted by Crippen LogP contribution is 2.17. The number of aromatic nitrogens is 2. The quantitative estimate of drug-likeness (QED) is 0.755. The normalized spacial score (nSPS) is 17.1. The van der Waals surface area contributed by atoms with Crippen LogP contribution in [0.1, 0.15) is 35.8 Å². The van der Waals surface area contributed by atoms with Crippen molar-refractivity contribution in [2.24, 2.45) is 0 Å². The molecule has 1 aliphatic rings. The lowest BCUT2D eigenvalue weighted by Gasteiger charge is -2.23. The van der Waals surface area contributed by atoms with E-state index in [-0.39, 0.29) is 5.91 Å². The Morgan fingerprint density at radius 1 is 1.38 bits per heavy atom. The van der Waals surface area contributed by atoms with E-state index in [1.165, 1.54) is 0 Å². The Hall–Kier alpha value is -2.05. The second-order valence-electron chi connectivity index (χ2n) is 6.56. The van der Waals surface area contributed by atoms with E-state index in [9.17, 15) is 4.79 Å². The number of nitrogens with one attached hydrogen (secondary N) is 1. The Morgan fingerprint density at radius 3 is 2.92 bits per heavy atom. The number of halogens is 1. The molecule has 140 valence electrons. The molecule has 0 aliphatic carbocycles. The molecular formula is C19H25ClN4O2. The topological polar surface area (TPSA) is 59.4 Å². The summed E-state index contributed by atoms with van der Waals surface area (Å²) in [5, 5.41) is 8.53. The molecule has 3 rings (SSSR count). The van der Waals surface area contributed by atoms with E-state index >= 15 is 0 Å². The number of carbonyl (C=O) groups is 1. The van der Waals surface area contributed by atoms with Gasteiger partial charge >= 0.3 is 0 Å². The average Bonchev–Trinajstić information content (AvgIpc) is 3.17. The van der Waals surface area contributed by atoms with Crippen molar-refractivity contribution >= 4 is 17.5 Å². The Balaban J connectivity index is 1.44. The largest absolute Gasteiger partial charge is 0.494 e. The first-order valence-corrected chi connectivity index (χ1v) is 9.41. The van der Waals surface area contributed by atoms with Crippen molar-refractivity contribution in [3.63, 3.8) is 0 Å². The average molecular weight is 377 g/mol. The number of piperidine rings is 1. The van der Waals surface area contributed by atoms with Crippen LogP contribution in [0.2, 0.25) is 5.02 Å². The molecule has 0 saturated carbocycles. The second-order valence-corrected chi connectivity index (χ2v) is 7.00. The summed E-state index contributed by atoms with van der Waals surface area (Å²) < 4.78 is 7.57. The van der Waals surface area contributed by atoms with Crippen LogP contribution >= 0.6 is 11.6 Å². The minimum Gasteiger partial charge on any atom is -0.494 e. The fourth-order valence-corrected chi connectivity index (χ4v) is 3.16. The first kappa shape index (κ1) is 18.7. The maximum atomic E-state index is 12.5. The van der Waals surface area contributed by atoms with E-state index in [1.807, 2.05) is 23.0 Å². The zero-order valence-corrected chi connectivity index (χ0v) is 15.8.